The molecule has 10 heteroatoms. The highest BCUT2D eigenvalue weighted by Gasteiger charge is 2.16. The van der Waals surface area contributed by atoms with Gasteiger partial charge in [-0.1, -0.05) is 59.9 Å². The molecule has 0 spiro atoms. The van der Waals surface area contributed by atoms with Crippen LogP contribution in [0, 0.1) is 5.82 Å². The lowest BCUT2D eigenvalue weighted by atomic mass is 10.1. The molecule has 41 heavy (non-hydrogen) atoms. The molecule has 3 amide bonds. The van der Waals surface area contributed by atoms with Gasteiger partial charge in [-0.05, 0) is 60.7 Å². The van der Waals surface area contributed by atoms with Crippen LogP contribution in [0.5, 0.6) is 0 Å². The lowest BCUT2D eigenvalue weighted by molar-refractivity contribution is -0.114. The molecule has 0 fully saturated rings. The highest BCUT2D eigenvalue weighted by Crippen LogP contribution is 2.26. The SMILES string of the molecule is O=C(CSc1ccc(NC(=O)/C(=C/c2ccccc2F)NC(=O)c2ccccc2)cc1)Nc1nc2ccccc2s1. The zero-order valence-corrected chi connectivity index (χ0v) is 23.1. The fourth-order valence-electron chi connectivity index (χ4n) is 3.75. The van der Waals surface area contributed by atoms with Crippen LogP contribution >= 0.6 is 23.1 Å². The van der Waals surface area contributed by atoms with Crippen molar-refractivity contribution in [1.82, 2.24) is 10.3 Å². The average molecular weight is 583 g/mol. The van der Waals surface area contributed by atoms with E-state index in [0.717, 1.165) is 15.1 Å². The molecule has 0 unspecified atom stereocenters. The fourth-order valence-corrected chi connectivity index (χ4v) is 5.33. The van der Waals surface area contributed by atoms with Gasteiger partial charge in [-0.2, -0.15) is 0 Å². The van der Waals surface area contributed by atoms with Crippen molar-refractivity contribution in [2.24, 2.45) is 0 Å². The summed E-state index contributed by atoms with van der Waals surface area (Å²) >= 11 is 2.76. The molecule has 204 valence electrons. The van der Waals surface area contributed by atoms with Crippen LogP contribution in [-0.4, -0.2) is 28.5 Å². The summed E-state index contributed by atoms with van der Waals surface area (Å²) in [4.78, 5) is 43.6. The first-order chi connectivity index (χ1) is 19.9. The van der Waals surface area contributed by atoms with Gasteiger partial charge in [0.1, 0.15) is 11.5 Å². The molecule has 0 radical (unpaired) electrons. The van der Waals surface area contributed by atoms with Crippen LogP contribution < -0.4 is 16.0 Å². The highest BCUT2D eigenvalue weighted by atomic mass is 32.2. The van der Waals surface area contributed by atoms with Gasteiger partial charge in [-0.15, -0.1) is 11.8 Å². The summed E-state index contributed by atoms with van der Waals surface area (Å²) in [6.07, 6.45) is 1.29. The number of para-hydroxylation sites is 1. The van der Waals surface area contributed by atoms with E-state index in [1.54, 1.807) is 66.7 Å². The van der Waals surface area contributed by atoms with Crippen molar-refractivity contribution >= 4 is 67.9 Å². The molecule has 7 nitrogen and oxygen atoms in total. The Bertz CT molecular complexity index is 1700. The summed E-state index contributed by atoms with van der Waals surface area (Å²) in [5.74, 6) is -1.64. The zero-order chi connectivity index (χ0) is 28.6. The number of fused-ring (bicyclic) bond motifs is 1. The number of nitrogens with one attached hydrogen (secondary N) is 3. The number of benzene rings is 4. The van der Waals surface area contributed by atoms with Gasteiger partial charge in [-0.3, -0.25) is 14.4 Å². The van der Waals surface area contributed by atoms with E-state index in [0.29, 0.717) is 16.4 Å². The Kier molecular flexibility index (Phi) is 8.82. The van der Waals surface area contributed by atoms with Gasteiger partial charge in [0.15, 0.2) is 5.13 Å². The lowest BCUT2D eigenvalue weighted by Gasteiger charge is -2.12. The molecule has 4 aromatic carbocycles. The van der Waals surface area contributed by atoms with Crippen molar-refractivity contribution in [2.45, 2.75) is 4.90 Å². The van der Waals surface area contributed by atoms with Crippen molar-refractivity contribution in [1.29, 1.82) is 0 Å². The second kappa shape index (κ2) is 13.0. The molecule has 0 aliphatic heterocycles. The van der Waals surface area contributed by atoms with E-state index < -0.39 is 17.6 Å². The van der Waals surface area contributed by atoms with Gasteiger partial charge in [0, 0.05) is 21.7 Å². The Morgan fingerprint density at radius 3 is 2.29 bits per heavy atom. The van der Waals surface area contributed by atoms with Crippen LogP contribution in [-0.2, 0) is 9.59 Å². The summed E-state index contributed by atoms with van der Waals surface area (Å²) in [7, 11) is 0. The number of aromatic nitrogens is 1. The third-order valence-corrected chi connectivity index (χ3v) is 7.72. The van der Waals surface area contributed by atoms with Gasteiger partial charge >= 0.3 is 0 Å². The number of nitrogens with zero attached hydrogens (tertiary/aromatic N) is 1. The normalized spacial score (nSPS) is 11.2. The lowest BCUT2D eigenvalue weighted by Crippen LogP contribution is -2.30. The number of thioether (sulfide) groups is 1. The number of hydrogen-bond donors (Lipinski definition) is 3. The Morgan fingerprint density at radius 2 is 1.54 bits per heavy atom. The topological polar surface area (TPSA) is 100 Å². The van der Waals surface area contributed by atoms with E-state index >= 15 is 0 Å². The molecule has 1 aromatic heterocycles. The first-order valence-corrected chi connectivity index (χ1v) is 14.3. The average Bonchev–Trinajstić information content (AvgIpc) is 3.40. The number of amides is 3. The van der Waals surface area contributed by atoms with Crippen LogP contribution in [0.25, 0.3) is 16.3 Å². The summed E-state index contributed by atoms with van der Waals surface area (Å²) in [6, 6.07) is 29.0. The monoisotopic (exact) mass is 582 g/mol. The number of carbonyl (C=O) groups excluding carboxylic acids is 3. The minimum absolute atomic E-state index is 0.117. The summed E-state index contributed by atoms with van der Waals surface area (Å²) in [5, 5.41) is 8.70. The maximum Gasteiger partial charge on any atom is 0.272 e. The molecule has 0 atom stereocenters. The number of rotatable bonds is 9. The summed E-state index contributed by atoms with van der Waals surface area (Å²) in [5.41, 5.74) is 1.69. The van der Waals surface area contributed by atoms with E-state index in [4.69, 9.17) is 0 Å². The van der Waals surface area contributed by atoms with Crippen molar-refractivity contribution in [3.8, 4) is 0 Å². The Morgan fingerprint density at radius 1 is 0.829 bits per heavy atom. The van der Waals surface area contributed by atoms with Crippen LogP contribution in [0.1, 0.15) is 15.9 Å². The van der Waals surface area contributed by atoms with Gasteiger partial charge < -0.3 is 16.0 Å². The van der Waals surface area contributed by atoms with Crippen LogP contribution in [0.2, 0.25) is 0 Å². The Balaban J connectivity index is 1.22. The largest absolute Gasteiger partial charge is 0.321 e. The molecule has 0 bridgehead atoms. The minimum atomic E-state index is -0.617. The number of thiazole rings is 1. The molecule has 3 N–H and O–H groups in total. The highest BCUT2D eigenvalue weighted by molar-refractivity contribution is 8.00. The number of hydrogen-bond acceptors (Lipinski definition) is 6. The van der Waals surface area contributed by atoms with Crippen molar-refractivity contribution in [3.63, 3.8) is 0 Å². The number of halogens is 1. The number of anilines is 2. The second-order valence-corrected chi connectivity index (χ2v) is 10.8. The van der Waals surface area contributed by atoms with Crippen molar-refractivity contribution < 1.29 is 18.8 Å². The third-order valence-electron chi connectivity index (χ3n) is 5.76. The van der Waals surface area contributed by atoms with Crippen LogP contribution in [0.3, 0.4) is 0 Å². The predicted molar refractivity (Wildman–Crippen MR) is 162 cm³/mol. The smallest absolute Gasteiger partial charge is 0.272 e. The van der Waals surface area contributed by atoms with Crippen molar-refractivity contribution in [3.05, 3.63) is 126 Å². The maximum atomic E-state index is 14.3. The van der Waals surface area contributed by atoms with E-state index in [2.05, 4.69) is 20.9 Å². The molecule has 1 heterocycles. The quantitative estimate of drug-likeness (QED) is 0.135. The second-order valence-electron chi connectivity index (χ2n) is 8.70. The summed E-state index contributed by atoms with van der Waals surface area (Å²) < 4.78 is 15.3. The van der Waals surface area contributed by atoms with Gasteiger partial charge in [-0.25, -0.2) is 9.37 Å². The van der Waals surface area contributed by atoms with Crippen LogP contribution in [0.15, 0.2) is 114 Å². The van der Waals surface area contributed by atoms with E-state index in [9.17, 15) is 18.8 Å². The van der Waals surface area contributed by atoms with Crippen LogP contribution in [0.4, 0.5) is 15.2 Å². The van der Waals surface area contributed by atoms with E-state index in [1.165, 1.54) is 41.3 Å². The minimum Gasteiger partial charge on any atom is -0.321 e. The third kappa shape index (κ3) is 7.44. The molecular weight excluding hydrogens is 559 g/mol. The molecule has 0 aliphatic rings. The molecule has 0 saturated heterocycles. The molecule has 5 rings (SSSR count). The Labute approximate surface area is 243 Å². The van der Waals surface area contributed by atoms with Gasteiger partial charge in [0.2, 0.25) is 5.91 Å². The standard InChI is InChI=1S/C31H23FN4O3S2/c32-24-11-5-4-10-21(24)18-26(34-29(38)20-8-2-1-3-9-20)30(39)33-22-14-16-23(17-15-22)40-19-28(37)36-31-35-25-12-6-7-13-27(25)41-31/h1-18H,19H2,(H,33,39)(H,34,38)(H,35,36,37)/b26-18-. The Hall–Kier alpha value is -4.80. The van der Waals surface area contributed by atoms with Crippen molar-refractivity contribution in [2.75, 3.05) is 16.4 Å². The molecule has 5 aromatic rings. The molecule has 0 aliphatic carbocycles. The molecular formula is C31H23FN4O3S2. The van der Waals surface area contributed by atoms with Gasteiger partial charge in [0.25, 0.3) is 11.8 Å². The zero-order valence-electron chi connectivity index (χ0n) is 21.5. The first-order valence-electron chi connectivity index (χ1n) is 12.5. The maximum absolute atomic E-state index is 14.3. The van der Waals surface area contributed by atoms with E-state index in [1.807, 2.05) is 24.3 Å². The predicted octanol–water partition coefficient (Wildman–Crippen LogP) is 6.58. The first kappa shape index (κ1) is 27.8. The van der Waals surface area contributed by atoms with E-state index in [-0.39, 0.29) is 22.9 Å². The fraction of sp³-hybridized carbons (Fsp3) is 0.0323. The molecule has 0 saturated carbocycles. The summed E-state index contributed by atoms with van der Waals surface area (Å²) in [6.45, 7) is 0. The number of carbonyl (C=O) groups is 3. The van der Waals surface area contributed by atoms with Gasteiger partial charge in [0.05, 0.1) is 16.0 Å².